The van der Waals surface area contributed by atoms with Crippen molar-refractivity contribution in [1.82, 2.24) is 4.72 Å². The topological polar surface area (TPSA) is 66.5 Å². The van der Waals surface area contributed by atoms with Gasteiger partial charge in [0.2, 0.25) is 15.9 Å². The van der Waals surface area contributed by atoms with Gasteiger partial charge in [-0.15, -0.1) is 0 Å². The van der Waals surface area contributed by atoms with Crippen molar-refractivity contribution in [3.8, 4) is 0 Å². The summed E-state index contributed by atoms with van der Waals surface area (Å²) >= 11 is 0. The number of anilines is 1. The van der Waals surface area contributed by atoms with Crippen molar-refractivity contribution >= 4 is 21.6 Å². The van der Waals surface area contributed by atoms with Crippen LogP contribution in [-0.2, 0) is 14.8 Å². The SMILES string of the molecule is Cc1cc(N2CCCC2=O)ccc1S(=O)(=O)NCCC1=CCCCC1. The first-order valence-corrected chi connectivity index (χ1v) is 10.5. The number of sulfonamides is 1. The van der Waals surface area contributed by atoms with Gasteiger partial charge in [0.1, 0.15) is 0 Å². The molecule has 1 fully saturated rings. The molecule has 0 unspecified atom stereocenters. The van der Waals surface area contributed by atoms with Crippen LogP contribution in [0.1, 0.15) is 50.5 Å². The summed E-state index contributed by atoms with van der Waals surface area (Å²) in [4.78, 5) is 13.9. The van der Waals surface area contributed by atoms with Gasteiger partial charge in [-0.3, -0.25) is 4.79 Å². The second-order valence-electron chi connectivity index (χ2n) is 6.85. The second kappa shape index (κ2) is 7.70. The summed E-state index contributed by atoms with van der Waals surface area (Å²) in [6.07, 6.45) is 9.07. The van der Waals surface area contributed by atoms with Gasteiger partial charge in [0.05, 0.1) is 4.90 Å². The number of benzene rings is 1. The van der Waals surface area contributed by atoms with Gasteiger partial charge in [-0.25, -0.2) is 13.1 Å². The number of rotatable bonds is 6. The van der Waals surface area contributed by atoms with Crippen molar-refractivity contribution in [1.29, 1.82) is 0 Å². The van der Waals surface area contributed by atoms with E-state index in [4.69, 9.17) is 0 Å². The van der Waals surface area contributed by atoms with Crippen molar-refractivity contribution in [2.75, 3.05) is 18.0 Å². The first-order valence-electron chi connectivity index (χ1n) is 9.06. The van der Waals surface area contributed by atoms with E-state index in [2.05, 4.69) is 10.8 Å². The van der Waals surface area contributed by atoms with Gasteiger partial charge in [0.25, 0.3) is 0 Å². The van der Waals surface area contributed by atoms with Crippen LogP contribution in [0, 0.1) is 6.92 Å². The van der Waals surface area contributed by atoms with E-state index >= 15 is 0 Å². The number of amides is 1. The number of hydrogen-bond acceptors (Lipinski definition) is 3. The lowest BCUT2D eigenvalue weighted by atomic mass is 9.97. The number of nitrogens with zero attached hydrogens (tertiary/aromatic N) is 1. The second-order valence-corrected chi connectivity index (χ2v) is 8.59. The Morgan fingerprint density at radius 2 is 2.00 bits per heavy atom. The van der Waals surface area contributed by atoms with Crippen LogP contribution < -0.4 is 9.62 Å². The van der Waals surface area contributed by atoms with Crippen LogP contribution in [0.3, 0.4) is 0 Å². The molecule has 1 amide bonds. The minimum atomic E-state index is -3.53. The number of aryl methyl sites for hydroxylation is 1. The van der Waals surface area contributed by atoms with Crippen molar-refractivity contribution in [2.24, 2.45) is 0 Å². The molecule has 1 aliphatic carbocycles. The fraction of sp³-hybridized carbons (Fsp3) is 0.526. The highest BCUT2D eigenvalue weighted by Crippen LogP contribution is 2.26. The lowest BCUT2D eigenvalue weighted by Crippen LogP contribution is -2.27. The summed E-state index contributed by atoms with van der Waals surface area (Å²) in [6.45, 7) is 2.92. The molecule has 1 aromatic carbocycles. The zero-order valence-electron chi connectivity index (χ0n) is 14.8. The molecule has 0 atom stereocenters. The number of carbonyl (C=O) groups excluding carboxylic acids is 1. The van der Waals surface area contributed by atoms with Crippen molar-refractivity contribution in [2.45, 2.75) is 56.8 Å². The molecule has 1 saturated heterocycles. The molecule has 0 bridgehead atoms. The average molecular weight is 362 g/mol. The normalized spacial score (nSPS) is 18.5. The maximum absolute atomic E-state index is 12.6. The molecule has 3 rings (SSSR count). The Hall–Kier alpha value is -1.66. The molecule has 0 aromatic heterocycles. The Kier molecular flexibility index (Phi) is 5.59. The largest absolute Gasteiger partial charge is 0.312 e. The number of nitrogens with one attached hydrogen (secondary N) is 1. The van der Waals surface area contributed by atoms with E-state index in [1.807, 2.05) is 0 Å². The smallest absolute Gasteiger partial charge is 0.240 e. The quantitative estimate of drug-likeness (QED) is 0.790. The van der Waals surface area contributed by atoms with Crippen LogP contribution in [0.25, 0.3) is 0 Å². The maximum atomic E-state index is 12.6. The molecule has 1 aromatic rings. The van der Waals surface area contributed by atoms with Crippen molar-refractivity contribution < 1.29 is 13.2 Å². The van der Waals surface area contributed by atoms with Gasteiger partial charge in [0.15, 0.2) is 0 Å². The molecule has 6 heteroatoms. The molecule has 136 valence electrons. The molecule has 25 heavy (non-hydrogen) atoms. The number of carbonyl (C=O) groups is 1. The van der Waals surface area contributed by atoms with Gasteiger partial charge in [-0.2, -0.15) is 0 Å². The highest BCUT2D eigenvalue weighted by molar-refractivity contribution is 7.89. The number of allylic oxidation sites excluding steroid dienone is 1. The lowest BCUT2D eigenvalue weighted by molar-refractivity contribution is -0.117. The molecule has 1 heterocycles. The Balaban J connectivity index is 1.67. The Morgan fingerprint density at radius 3 is 2.64 bits per heavy atom. The van der Waals surface area contributed by atoms with E-state index < -0.39 is 10.0 Å². The Labute approximate surface area is 150 Å². The predicted octanol–water partition coefficient (Wildman–Crippen LogP) is 3.29. The van der Waals surface area contributed by atoms with E-state index in [-0.39, 0.29) is 5.91 Å². The van der Waals surface area contributed by atoms with Crippen molar-refractivity contribution in [3.63, 3.8) is 0 Å². The summed E-state index contributed by atoms with van der Waals surface area (Å²) in [5.41, 5.74) is 2.81. The molecule has 1 N–H and O–H groups in total. The summed E-state index contributed by atoms with van der Waals surface area (Å²) in [5.74, 6) is 0.105. The molecular formula is C19H26N2O3S. The molecule has 2 aliphatic rings. The van der Waals surface area contributed by atoms with Crippen LogP contribution in [0.2, 0.25) is 0 Å². The highest BCUT2D eigenvalue weighted by atomic mass is 32.2. The van der Waals surface area contributed by atoms with Gasteiger partial charge in [-0.05, 0) is 69.2 Å². The minimum Gasteiger partial charge on any atom is -0.312 e. The zero-order valence-corrected chi connectivity index (χ0v) is 15.6. The summed E-state index contributed by atoms with van der Waals surface area (Å²) < 4.78 is 27.9. The van der Waals surface area contributed by atoms with Crippen LogP contribution >= 0.6 is 0 Å². The highest BCUT2D eigenvalue weighted by Gasteiger charge is 2.23. The van der Waals surface area contributed by atoms with Crippen LogP contribution in [-0.4, -0.2) is 27.4 Å². The third-order valence-corrected chi connectivity index (χ3v) is 6.58. The van der Waals surface area contributed by atoms with E-state index in [1.165, 1.54) is 18.4 Å². The fourth-order valence-corrected chi connectivity index (χ4v) is 4.84. The molecule has 1 aliphatic heterocycles. The third-order valence-electron chi connectivity index (χ3n) is 4.96. The van der Waals surface area contributed by atoms with E-state index in [0.717, 1.165) is 31.4 Å². The van der Waals surface area contributed by atoms with Gasteiger partial charge in [0, 0.05) is 25.2 Å². The number of hydrogen-bond donors (Lipinski definition) is 1. The van der Waals surface area contributed by atoms with Gasteiger partial charge in [-0.1, -0.05) is 11.6 Å². The molecule has 0 spiro atoms. The van der Waals surface area contributed by atoms with Crippen LogP contribution in [0.5, 0.6) is 0 Å². The standard InChI is InChI=1S/C19H26N2O3S/c1-15-14-17(21-13-5-8-19(21)22)9-10-18(15)25(23,24)20-12-11-16-6-3-2-4-7-16/h6,9-10,14,20H,2-5,7-8,11-13H2,1H3. The monoisotopic (exact) mass is 362 g/mol. The zero-order chi connectivity index (χ0) is 17.9. The first kappa shape index (κ1) is 18.1. The summed E-state index contributed by atoms with van der Waals surface area (Å²) in [6, 6.07) is 5.13. The van der Waals surface area contributed by atoms with E-state index in [0.29, 0.717) is 30.0 Å². The minimum absolute atomic E-state index is 0.105. The first-order chi connectivity index (χ1) is 12.0. The third kappa shape index (κ3) is 4.30. The molecule has 0 saturated carbocycles. The van der Waals surface area contributed by atoms with Crippen LogP contribution in [0.15, 0.2) is 34.7 Å². The summed E-state index contributed by atoms with van der Waals surface area (Å²) in [7, 11) is -3.53. The summed E-state index contributed by atoms with van der Waals surface area (Å²) in [5, 5.41) is 0. The van der Waals surface area contributed by atoms with Crippen LogP contribution in [0.4, 0.5) is 5.69 Å². The average Bonchev–Trinajstić information content (AvgIpc) is 3.01. The van der Waals surface area contributed by atoms with E-state index in [1.54, 1.807) is 30.0 Å². The Morgan fingerprint density at radius 1 is 1.16 bits per heavy atom. The molecule has 5 nitrogen and oxygen atoms in total. The maximum Gasteiger partial charge on any atom is 0.240 e. The molecule has 0 radical (unpaired) electrons. The van der Waals surface area contributed by atoms with Crippen molar-refractivity contribution in [3.05, 3.63) is 35.4 Å². The van der Waals surface area contributed by atoms with Gasteiger partial charge < -0.3 is 4.90 Å². The predicted molar refractivity (Wildman–Crippen MR) is 99.1 cm³/mol. The molecular weight excluding hydrogens is 336 g/mol. The Bertz CT molecular complexity index is 784. The van der Waals surface area contributed by atoms with E-state index in [9.17, 15) is 13.2 Å². The van der Waals surface area contributed by atoms with Gasteiger partial charge >= 0.3 is 0 Å². The fourth-order valence-electron chi connectivity index (χ4n) is 3.58. The lowest BCUT2D eigenvalue weighted by Gasteiger charge is -2.18.